The zero-order chi connectivity index (χ0) is 16.0. The van der Waals surface area contributed by atoms with Crippen molar-refractivity contribution in [2.75, 3.05) is 25.1 Å². The highest BCUT2D eigenvalue weighted by Gasteiger charge is 2.31. The van der Waals surface area contributed by atoms with Crippen molar-refractivity contribution in [2.24, 2.45) is 5.92 Å². The van der Waals surface area contributed by atoms with Crippen molar-refractivity contribution >= 4 is 17.4 Å². The monoisotopic (exact) mass is 326 g/mol. The minimum Gasteiger partial charge on any atom is -0.389 e. The van der Waals surface area contributed by atoms with Crippen LogP contribution in [-0.2, 0) is 10.9 Å². The Balaban J connectivity index is 2.49. The van der Waals surface area contributed by atoms with Gasteiger partial charge in [-0.25, -0.2) is 4.98 Å². The second kappa shape index (κ2) is 7.82. The Hall–Kier alpha value is -1.05. The summed E-state index contributed by atoms with van der Waals surface area (Å²) in [5, 5.41) is 12.2. The van der Waals surface area contributed by atoms with Gasteiger partial charge in [0.25, 0.3) is 0 Å². The van der Waals surface area contributed by atoms with E-state index in [2.05, 4.69) is 10.3 Å². The number of hydrogen-bond donors (Lipinski definition) is 2. The van der Waals surface area contributed by atoms with Crippen LogP contribution in [0.15, 0.2) is 12.3 Å². The van der Waals surface area contributed by atoms with E-state index < -0.39 is 17.8 Å². The van der Waals surface area contributed by atoms with Crippen LogP contribution in [0.2, 0.25) is 5.02 Å². The number of ether oxygens (including phenoxy) is 1. The Morgan fingerprint density at radius 1 is 1.38 bits per heavy atom. The molecule has 8 heteroatoms. The summed E-state index contributed by atoms with van der Waals surface area (Å²) in [5.74, 6) is 0.448. The number of alkyl halides is 3. The molecule has 0 aliphatic heterocycles. The maximum atomic E-state index is 12.4. The Bertz CT molecular complexity index is 456. The van der Waals surface area contributed by atoms with Gasteiger partial charge in [0, 0.05) is 19.3 Å². The van der Waals surface area contributed by atoms with Crippen LogP contribution in [0.4, 0.5) is 19.0 Å². The van der Waals surface area contributed by atoms with E-state index in [1.807, 2.05) is 13.8 Å². The fourth-order valence-corrected chi connectivity index (χ4v) is 1.67. The molecule has 1 rings (SSSR count). The van der Waals surface area contributed by atoms with Crippen molar-refractivity contribution in [3.8, 4) is 0 Å². The smallest absolute Gasteiger partial charge is 0.389 e. The summed E-state index contributed by atoms with van der Waals surface area (Å²) in [5.41, 5.74) is -0.918. The third-order valence-electron chi connectivity index (χ3n) is 2.44. The van der Waals surface area contributed by atoms with Crippen LogP contribution < -0.4 is 5.32 Å². The summed E-state index contributed by atoms with van der Waals surface area (Å²) in [6, 6.07) is 0.790. The SMILES string of the molecule is CC(C)COC[C@H](O)CNc1ncc(C(F)(F)F)cc1Cl. The van der Waals surface area contributed by atoms with Gasteiger partial charge in [0.15, 0.2) is 0 Å². The molecular weight excluding hydrogens is 309 g/mol. The lowest BCUT2D eigenvalue weighted by Crippen LogP contribution is -2.26. The first-order chi connectivity index (χ1) is 9.70. The summed E-state index contributed by atoms with van der Waals surface area (Å²) >= 11 is 5.73. The summed E-state index contributed by atoms with van der Waals surface area (Å²) in [6.45, 7) is 4.70. The number of halogens is 4. The lowest BCUT2D eigenvalue weighted by molar-refractivity contribution is -0.137. The van der Waals surface area contributed by atoms with Gasteiger partial charge in [-0.05, 0) is 12.0 Å². The van der Waals surface area contributed by atoms with Crippen molar-refractivity contribution in [2.45, 2.75) is 26.1 Å². The standard InChI is InChI=1S/C13H18ClF3N2O2/c1-8(2)6-21-7-10(20)5-19-12-11(14)3-9(4-18-12)13(15,16)17/h3-4,8,10,20H,5-7H2,1-2H3,(H,18,19)/t10-/m1/s1. The van der Waals surface area contributed by atoms with E-state index in [9.17, 15) is 18.3 Å². The third kappa shape index (κ3) is 6.50. The number of hydrogen-bond acceptors (Lipinski definition) is 4. The fourth-order valence-electron chi connectivity index (χ4n) is 1.44. The maximum Gasteiger partial charge on any atom is 0.417 e. The van der Waals surface area contributed by atoms with Crippen LogP contribution in [0, 0.1) is 5.92 Å². The van der Waals surface area contributed by atoms with Gasteiger partial charge in [-0.2, -0.15) is 13.2 Å². The molecule has 1 aromatic rings. The van der Waals surface area contributed by atoms with Crippen LogP contribution in [0.3, 0.4) is 0 Å². The number of anilines is 1. The van der Waals surface area contributed by atoms with Crippen LogP contribution in [-0.4, -0.2) is 36.0 Å². The molecule has 0 saturated heterocycles. The van der Waals surface area contributed by atoms with Gasteiger partial charge in [0.2, 0.25) is 0 Å². The first kappa shape index (κ1) is 18.0. The Labute approximate surface area is 126 Å². The Morgan fingerprint density at radius 3 is 2.57 bits per heavy atom. The number of aromatic nitrogens is 1. The van der Waals surface area contributed by atoms with Gasteiger partial charge in [-0.3, -0.25) is 0 Å². The summed E-state index contributed by atoms with van der Waals surface area (Å²) in [4.78, 5) is 3.61. The van der Waals surface area contributed by atoms with Gasteiger partial charge >= 0.3 is 6.18 Å². The van der Waals surface area contributed by atoms with Gasteiger partial charge in [0.1, 0.15) is 5.82 Å². The van der Waals surface area contributed by atoms with Crippen LogP contribution in [0.1, 0.15) is 19.4 Å². The van der Waals surface area contributed by atoms with Crippen LogP contribution in [0.25, 0.3) is 0 Å². The quantitative estimate of drug-likeness (QED) is 0.808. The van der Waals surface area contributed by atoms with Crippen molar-refractivity contribution in [1.29, 1.82) is 0 Å². The minimum atomic E-state index is -4.49. The molecule has 0 unspecified atom stereocenters. The molecule has 0 saturated carbocycles. The van der Waals surface area contributed by atoms with E-state index in [0.717, 1.165) is 6.07 Å². The maximum absolute atomic E-state index is 12.4. The number of nitrogens with one attached hydrogen (secondary N) is 1. The average Bonchev–Trinajstić information content (AvgIpc) is 2.35. The zero-order valence-electron chi connectivity index (χ0n) is 11.7. The van der Waals surface area contributed by atoms with E-state index in [1.165, 1.54) is 0 Å². The second-order valence-corrected chi connectivity index (χ2v) is 5.43. The van der Waals surface area contributed by atoms with E-state index in [4.69, 9.17) is 16.3 Å². The largest absolute Gasteiger partial charge is 0.417 e. The number of aliphatic hydroxyl groups is 1. The molecule has 1 heterocycles. The highest BCUT2D eigenvalue weighted by Crippen LogP contribution is 2.32. The number of nitrogens with zero attached hydrogens (tertiary/aromatic N) is 1. The molecule has 0 aromatic carbocycles. The first-order valence-corrected chi connectivity index (χ1v) is 6.80. The molecule has 0 radical (unpaired) electrons. The number of pyridine rings is 1. The lowest BCUT2D eigenvalue weighted by atomic mass is 10.2. The molecule has 120 valence electrons. The molecule has 1 aromatic heterocycles. The van der Waals surface area contributed by atoms with Crippen LogP contribution in [0.5, 0.6) is 0 Å². The summed E-state index contributed by atoms with van der Waals surface area (Å²) in [7, 11) is 0. The van der Waals surface area contributed by atoms with Gasteiger partial charge < -0.3 is 15.2 Å². The summed E-state index contributed by atoms with van der Waals surface area (Å²) in [6.07, 6.45) is -4.60. The molecule has 0 aliphatic carbocycles. The van der Waals surface area contributed by atoms with Gasteiger partial charge in [0.05, 0.1) is 23.3 Å². The minimum absolute atomic E-state index is 0.0795. The number of aliphatic hydroxyl groups excluding tert-OH is 1. The molecule has 0 bridgehead atoms. The molecule has 0 amide bonds. The highest BCUT2D eigenvalue weighted by atomic mass is 35.5. The van der Waals surface area contributed by atoms with Gasteiger partial charge in [-0.15, -0.1) is 0 Å². The molecule has 21 heavy (non-hydrogen) atoms. The fraction of sp³-hybridized carbons (Fsp3) is 0.615. The Morgan fingerprint density at radius 2 is 2.05 bits per heavy atom. The molecular formula is C13H18ClF3N2O2. The Kier molecular flexibility index (Phi) is 6.70. The molecule has 0 fully saturated rings. The third-order valence-corrected chi connectivity index (χ3v) is 2.72. The van der Waals surface area contributed by atoms with Crippen molar-refractivity contribution in [3.05, 3.63) is 22.8 Å². The van der Waals surface area contributed by atoms with E-state index in [-0.39, 0.29) is 24.0 Å². The van der Waals surface area contributed by atoms with Gasteiger partial charge in [-0.1, -0.05) is 25.4 Å². The topological polar surface area (TPSA) is 54.4 Å². The lowest BCUT2D eigenvalue weighted by Gasteiger charge is -2.15. The number of rotatable bonds is 7. The predicted molar refractivity (Wildman–Crippen MR) is 74.4 cm³/mol. The first-order valence-electron chi connectivity index (χ1n) is 6.42. The zero-order valence-corrected chi connectivity index (χ0v) is 12.5. The normalized spacial score (nSPS) is 13.5. The molecule has 1 atom stereocenters. The van der Waals surface area contributed by atoms with E-state index in [1.54, 1.807) is 0 Å². The van der Waals surface area contributed by atoms with E-state index in [0.29, 0.717) is 18.7 Å². The predicted octanol–water partition coefficient (Wildman–Crippen LogP) is 3.20. The summed E-state index contributed by atoms with van der Waals surface area (Å²) < 4.78 is 42.6. The highest BCUT2D eigenvalue weighted by molar-refractivity contribution is 6.32. The van der Waals surface area contributed by atoms with Crippen molar-refractivity contribution in [1.82, 2.24) is 4.98 Å². The molecule has 2 N–H and O–H groups in total. The van der Waals surface area contributed by atoms with Crippen molar-refractivity contribution in [3.63, 3.8) is 0 Å². The molecule has 0 aliphatic rings. The van der Waals surface area contributed by atoms with E-state index >= 15 is 0 Å². The average molecular weight is 327 g/mol. The molecule has 0 spiro atoms. The van der Waals surface area contributed by atoms with Crippen LogP contribution >= 0.6 is 11.6 Å². The second-order valence-electron chi connectivity index (χ2n) is 5.02. The van der Waals surface area contributed by atoms with Crippen molar-refractivity contribution < 1.29 is 23.0 Å². The molecule has 4 nitrogen and oxygen atoms in total.